The van der Waals surface area contributed by atoms with Crippen molar-refractivity contribution >= 4 is 59.3 Å². The van der Waals surface area contributed by atoms with Gasteiger partial charge in [0.05, 0.1) is 10.2 Å². The van der Waals surface area contributed by atoms with Crippen LogP contribution in [-0.4, -0.2) is 9.97 Å². The molecule has 0 atom stereocenters. The number of hydrogen-bond donors (Lipinski definition) is 1. The third-order valence-corrected chi connectivity index (χ3v) is 3.78. The molecule has 0 amide bonds. The topological polar surface area (TPSA) is 37.8 Å². The predicted molar refractivity (Wildman–Crippen MR) is 74.9 cm³/mol. The Morgan fingerprint density at radius 2 is 1.69 bits per heavy atom. The van der Waals surface area contributed by atoms with E-state index in [0.29, 0.717) is 0 Å². The molecule has 6 heteroatoms. The van der Waals surface area contributed by atoms with E-state index < -0.39 is 0 Å². The summed E-state index contributed by atoms with van der Waals surface area (Å²) >= 11 is 10.3. The quantitative estimate of drug-likeness (QED) is 0.796. The smallest absolute Gasteiger partial charge is 0.148 e. The molecule has 1 aromatic carbocycles. The van der Waals surface area contributed by atoms with Gasteiger partial charge in [-0.05, 0) is 59.9 Å². The van der Waals surface area contributed by atoms with Gasteiger partial charge < -0.3 is 5.32 Å². The Hall–Kier alpha value is -0.460. The fourth-order valence-corrected chi connectivity index (χ4v) is 2.66. The lowest BCUT2D eigenvalue weighted by molar-refractivity contribution is 1.15. The van der Waals surface area contributed by atoms with Crippen molar-refractivity contribution in [1.29, 1.82) is 0 Å². The van der Waals surface area contributed by atoms with E-state index in [9.17, 15) is 0 Å². The molecule has 1 heterocycles. The molecule has 0 aliphatic heterocycles. The molecule has 0 radical (unpaired) electrons. The van der Waals surface area contributed by atoms with E-state index in [4.69, 9.17) is 0 Å². The van der Waals surface area contributed by atoms with Gasteiger partial charge in [0.15, 0.2) is 0 Å². The monoisotopic (exact) mass is 405 g/mol. The molecule has 82 valence electrons. The van der Waals surface area contributed by atoms with Crippen molar-refractivity contribution < 1.29 is 0 Å². The first-order valence-corrected chi connectivity index (χ1v) is 6.73. The van der Waals surface area contributed by atoms with E-state index in [1.165, 1.54) is 6.33 Å². The molecule has 0 aliphatic rings. The highest BCUT2D eigenvalue weighted by Gasteiger charge is 2.07. The van der Waals surface area contributed by atoms with Gasteiger partial charge in [-0.3, -0.25) is 0 Å². The van der Waals surface area contributed by atoms with Crippen molar-refractivity contribution in [2.24, 2.45) is 0 Å². The zero-order valence-electron chi connectivity index (χ0n) is 7.92. The second kappa shape index (κ2) is 5.25. The van der Waals surface area contributed by atoms with Gasteiger partial charge in [0.1, 0.15) is 12.1 Å². The standard InChI is InChI=1S/C10H6Br3N3/c11-6-2-1-3-7(12)9(6)16-10-8(13)4-14-5-15-10/h1-5H,(H,14,15,16). The summed E-state index contributed by atoms with van der Waals surface area (Å²) in [5, 5.41) is 3.22. The number of rotatable bonds is 2. The largest absolute Gasteiger partial charge is 0.337 e. The molecule has 2 rings (SSSR count). The van der Waals surface area contributed by atoms with Gasteiger partial charge >= 0.3 is 0 Å². The number of hydrogen-bond acceptors (Lipinski definition) is 3. The van der Waals surface area contributed by atoms with Crippen molar-refractivity contribution in [2.75, 3.05) is 5.32 Å². The summed E-state index contributed by atoms with van der Waals surface area (Å²) in [5.74, 6) is 0.725. The second-order valence-electron chi connectivity index (χ2n) is 2.94. The predicted octanol–water partition coefficient (Wildman–Crippen LogP) is 4.51. The Morgan fingerprint density at radius 3 is 2.31 bits per heavy atom. The number of para-hydroxylation sites is 1. The summed E-state index contributed by atoms with van der Waals surface area (Å²) in [5.41, 5.74) is 0.932. The van der Waals surface area contributed by atoms with Crippen LogP contribution in [0.15, 0.2) is 44.1 Å². The number of benzene rings is 1. The number of nitrogens with zero attached hydrogens (tertiary/aromatic N) is 2. The zero-order valence-corrected chi connectivity index (χ0v) is 12.7. The summed E-state index contributed by atoms with van der Waals surface area (Å²) in [6, 6.07) is 5.87. The van der Waals surface area contributed by atoms with Gasteiger partial charge in [-0.25, -0.2) is 9.97 Å². The van der Waals surface area contributed by atoms with E-state index >= 15 is 0 Å². The average Bonchev–Trinajstić information content (AvgIpc) is 2.26. The molecule has 0 aliphatic carbocycles. The molecule has 0 spiro atoms. The number of halogens is 3. The minimum atomic E-state index is 0.725. The van der Waals surface area contributed by atoms with Crippen molar-refractivity contribution in [1.82, 2.24) is 9.97 Å². The van der Waals surface area contributed by atoms with Crippen molar-refractivity contribution in [3.63, 3.8) is 0 Å². The fourth-order valence-electron chi connectivity index (χ4n) is 1.14. The Kier molecular flexibility index (Phi) is 3.94. The van der Waals surface area contributed by atoms with Crippen LogP contribution in [0.2, 0.25) is 0 Å². The molecule has 1 N–H and O–H groups in total. The lowest BCUT2D eigenvalue weighted by Gasteiger charge is -2.10. The van der Waals surface area contributed by atoms with E-state index in [-0.39, 0.29) is 0 Å². The van der Waals surface area contributed by atoms with Gasteiger partial charge in [-0.1, -0.05) is 6.07 Å². The Balaban J connectivity index is 2.38. The highest BCUT2D eigenvalue weighted by molar-refractivity contribution is 9.11. The number of nitrogens with one attached hydrogen (secondary N) is 1. The fraction of sp³-hybridized carbons (Fsp3) is 0. The van der Waals surface area contributed by atoms with Crippen LogP contribution in [-0.2, 0) is 0 Å². The highest BCUT2D eigenvalue weighted by Crippen LogP contribution is 2.34. The van der Waals surface area contributed by atoms with Gasteiger partial charge in [0.25, 0.3) is 0 Å². The Bertz CT molecular complexity index is 496. The number of aromatic nitrogens is 2. The maximum Gasteiger partial charge on any atom is 0.148 e. The highest BCUT2D eigenvalue weighted by atomic mass is 79.9. The molecule has 1 aromatic heterocycles. The first kappa shape index (κ1) is 12.0. The van der Waals surface area contributed by atoms with E-state index in [0.717, 1.165) is 24.9 Å². The minimum absolute atomic E-state index is 0.725. The second-order valence-corrected chi connectivity index (χ2v) is 5.50. The van der Waals surface area contributed by atoms with Crippen LogP contribution >= 0.6 is 47.8 Å². The average molecular weight is 408 g/mol. The normalized spacial score (nSPS) is 10.2. The summed E-state index contributed by atoms with van der Waals surface area (Å²) < 4.78 is 2.75. The first-order chi connectivity index (χ1) is 7.68. The molecule has 2 aromatic rings. The maximum absolute atomic E-state index is 4.15. The van der Waals surface area contributed by atoms with Crippen molar-refractivity contribution in [2.45, 2.75) is 0 Å². The zero-order chi connectivity index (χ0) is 11.5. The van der Waals surface area contributed by atoms with E-state index in [1.807, 2.05) is 18.2 Å². The molecular formula is C10H6Br3N3. The molecule has 3 nitrogen and oxygen atoms in total. The summed E-state index contributed by atoms with van der Waals surface area (Å²) in [6.45, 7) is 0. The van der Waals surface area contributed by atoms with E-state index in [2.05, 4.69) is 63.1 Å². The van der Waals surface area contributed by atoms with Crippen molar-refractivity contribution in [3.8, 4) is 0 Å². The molecule has 0 fully saturated rings. The van der Waals surface area contributed by atoms with Crippen LogP contribution in [0, 0.1) is 0 Å². The van der Waals surface area contributed by atoms with Crippen LogP contribution < -0.4 is 5.32 Å². The third-order valence-electron chi connectivity index (χ3n) is 1.87. The summed E-state index contributed by atoms with van der Waals surface area (Å²) in [6.07, 6.45) is 3.19. The van der Waals surface area contributed by atoms with Crippen LogP contribution in [0.5, 0.6) is 0 Å². The molecule has 0 bridgehead atoms. The Labute approximate surface area is 118 Å². The first-order valence-electron chi connectivity index (χ1n) is 4.35. The van der Waals surface area contributed by atoms with Crippen LogP contribution in [0.4, 0.5) is 11.5 Å². The summed E-state index contributed by atoms with van der Waals surface area (Å²) in [4.78, 5) is 8.05. The van der Waals surface area contributed by atoms with Gasteiger partial charge in [0, 0.05) is 15.1 Å². The minimum Gasteiger partial charge on any atom is -0.337 e. The van der Waals surface area contributed by atoms with Gasteiger partial charge in [-0.2, -0.15) is 0 Å². The molecule has 0 saturated heterocycles. The molecule has 0 saturated carbocycles. The lowest BCUT2D eigenvalue weighted by atomic mass is 10.3. The lowest BCUT2D eigenvalue weighted by Crippen LogP contribution is -1.96. The number of anilines is 2. The van der Waals surface area contributed by atoms with Crippen molar-refractivity contribution in [3.05, 3.63) is 44.1 Å². The van der Waals surface area contributed by atoms with Crippen LogP contribution in [0.3, 0.4) is 0 Å². The van der Waals surface area contributed by atoms with E-state index in [1.54, 1.807) is 6.20 Å². The Morgan fingerprint density at radius 1 is 1.00 bits per heavy atom. The van der Waals surface area contributed by atoms with Gasteiger partial charge in [0.2, 0.25) is 0 Å². The molecule has 16 heavy (non-hydrogen) atoms. The molecular weight excluding hydrogens is 402 g/mol. The SMILES string of the molecule is Brc1cncnc1Nc1c(Br)cccc1Br. The third kappa shape index (κ3) is 2.61. The maximum atomic E-state index is 4.15. The van der Waals surface area contributed by atoms with Crippen LogP contribution in [0.1, 0.15) is 0 Å². The molecule has 0 unspecified atom stereocenters. The summed E-state index contributed by atoms with van der Waals surface area (Å²) in [7, 11) is 0. The van der Waals surface area contributed by atoms with Gasteiger partial charge in [-0.15, -0.1) is 0 Å². The van der Waals surface area contributed by atoms with Crippen LogP contribution in [0.25, 0.3) is 0 Å².